The van der Waals surface area contributed by atoms with Gasteiger partial charge in [0.2, 0.25) is 0 Å². The summed E-state index contributed by atoms with van der Waals surface area (Å²) in [6.45, 7) is 17.5. The maximum absolute atomic E-state index is 3.67. The molecule has 1 aromatic heterocycles. The van der Waals surface area contributed by atoms with Gasteiger partial charge in [0.25, 0.3) is 0 Å². The summed E-state index contributed by atoms with van der Waals surface area (Å²) >= 11 is 0. The molecule has 0 amide bonds. The Balaban J connectivity index is 0. The second kappa shape index (κ2) is 7.49. The van der Waals surface area contributed by atoms with Gasteiger partial charge in [-0.25, -0.2) is 4.98 Å². The number of imidazole rings is 1. The molecule has 90 valence electrons. The third-order valence-electron chi connectivity index (χ3n) is 0.406. The molecule has 0 atom stereocenters. The standard InChI is InChI=1S/2C5H12.C3H4N2/c2*1-5(2,3)4;1-2-5-3-4-1/h2*1-4H3;1-3H,(H,4,5). The monoisotopic (exact) mass is 212 g/mol. The van der Waals surface area contributed by atoms with Crippen LogP contribution in [0.2, 0.25) is 0 Å². The van der Waals surface area contributed by atoms with Gasteiger partial charge < -0.3 is 4.98 Å². The first-order valence-electron chi connectivity index (χ1n) is 5.43. The molecule has 0 bridgehead atoms. The Morgan fingerprint density at radius 2 is 1.13 bits per heavy atom. The third-order valence-corrected chi connectivity index (χ3v) is 0.406. The van der Waals surface area contributed by atoms with Crippen molar-refractivity contribution in [2.24, 2.45) is 10.8 Å². The van der Waals surface area contributed by atoms with Crippen molar-refractivity contribution in [3.63, 3.8) is 0 Å². The van der Waals surface area contributed by atoms with Gasteiger partial charge in [0.15, 0.2) is 0 Å². The second-order valence-electron chi connectivity index (χ2n) is 6.76. The molecule has 15 heavy (non-hydrogen) atoms. The molecule has 0 aliphatic rings. The Kier molecular flexibility index (Phi) is 8.31. The summed E-state index contributed by atoms with van der Waals surface area (Å²) in [6.07, 6.45) is 5.08. The lowest BCUT2D eigenvalue weighted by atomic mass is 10.0. The average molecular weight is 212 g/mol. The van der Waals surface area contributed by atoms with Gasteiger partial charge in [-0.2, -0.15) is 0 Å². The highest BCUT2D eigenvalue weighted by Crippen LogP contribution is 2.08. The van der Waals surface area contributed by atoms with Gasteiger partial charge in [0.05, 0.1) is 6.33 Å². The second-order valence-corrected chi connectivity index (χ2v) is 6.76. The van der Waals surface area contributed by atoms with Crippen molar-refractivity contribution in [2.75, 3.05) is 0 Å². The molecule has 0 unspecified atom stereocenters. The highest BCUT2D eigenvalue weighted by molar-refractivity contribution is 4.64. The molecule has 2 heteroatoms. The fourth-order valence-electron chi connectivity index (χ4n) is 0.215. The smallest absolute Gasteiger partial charge is 0.0919 e. The Bertz CT molecular complexity index is 158. The van der Waals surface area contributed by atoms with E-state index in [9.17, 15) is 0 Å². The molecule has 0 fully saturated rings. The minimum Gasteiger partial charge on any atom is -0.351 e. The maximum atomic E-state index is 3.67. The molecular weight excluding hydrogens is 184 g/mol. The van der Waals surface area contributed by atoms with Gasteiger partial charge >= 0.3 is 0 Å². The quantitative estimate of drug-likeness (QED) is 0.673. The highest BCUT2D eigenvalue weighted by Gasteiger charge is 1.96. The van der Waals surface area contributed by atoms with E-state index in [-0.39, 0.29) is 0 Å². The molecule has 0 saturated carbocycles. The molecule has 0 saturated heterocycles. The number of rotatable bonds is 0. The number of nitrogens with one attached hydrogen (secondary N) is 1. The zero-order chi connectivity index (χ0) is 12.5. The van der Waals surface area contributed by atoms with Gasteiger partial charge in [0, 0.05) is 12.4 Å². The Labute approximate surface area is 95.5 Å². The van der Waals surface area contributed by atoms with Crippen LogP contribution in [0, 0.1) is 10.8 Å². The fraction of sp³-hybridized carbons (Fsp3) is 0.769. The van der Waals surface area contributed by atoms with Crippen LogP contribution in [0.1, 0.15) is 55.4 Å². The lowest BCUT2D eigenvalue weighted by Gasteiger charge is -2.05. The molecule has 2 nitrogen and oxygen atoms in total. The molecule has 1 N–H and O–H groups in total. The lowest BCUT2D eigenvalue weighted by molar-refractivity contribution is 0.469. The molecule has 0 spiro atoms. The van der Waals surface area contributed by atoms with Crippen LogP contribution in [0.3, 0.4) is 0 Å². The van der Waals surface area contributed by atoms with Crippen molar-refractivity contribution >= 4 is 0 Å². The first-order chi connectivity index (χ1) is 6.50. The SMILES string of the molecule is CC(C)(C)C.CC(C)(C)C.c1c[nH]cn1. The van der Waals surface area contributed by atoms with Gasteiger partial charge in [-0.1, -0.05) is 55.4 Å². The van der Waals surface area contributed by atoms with Gasteiger partial charge in [-0.05, 0) is 10.8 Å². The highest BCUT2D eigenvalue weighted by atomic mass is 14.8. The molecule has 1 aromatic rings. The van der Waals surface area contributed by atoms with Crippen LogP contribution in [-0.2, 0) is 0 Å². The van der Waals surface area contributed by atoms with E-state index >= 15 is 0 Å². The maximum Gasteiger partial charge on any atom is 0.0919 e. The van der Waals surface area contributed by atoms with E-state index in [2.05, 4.69) is 65.4 Å². The van der Waals surface area contributed by atoms with Crippen LogP contribution < -0.4 is 0 Å². The predicted molar refractivity (Wildman–Crippen MR) is 68.8 cm³/mol. The summed E-state index contributed by atoms with van der Waals surface area (Å²) in [6, 6.07) is 0. The van der Waals surface area contributed by atoms with Crippen LogP contribution in [0.25, 0.3) is 0 Å². The summed E-state index contributed by atoms with van der Waals surface area (Å²) in [5.41, 5.74) is 1.00. The van der Waals surface area contributed by atoms with Crippen LogP contribution in [0.15, 0.2) is 18.7 Å². The summed E-state index contributed by atoms with van der Waals surface area (Å²) < 4.78 is 0. The van der Waals surface area contributed by atoms with Crippen molar-refractivity contribution in [1.29, 1.82) is 0 Å². The van der Waals surface area contributed by atoms with E-state index in [1.165, 1.54) is 0 Å². The summed E-state index contributed by atoms with van der Waals surface area (Å²) in [5.74, 6) is 0. The Hall–Kier alpha value is -0.790. The summed E-state index contributed by atoms with van der Waals surface area (Å²) in [4.78, 5) is 6.42. The van der Waals surface area contributed by atoms with E-state index in [0.29, 0.717) is 10.8 Å². The van der Waals surface area contributed by atoms with E-state index in [0.717, 1.165) is 0 Å². The predicted octanol–water partition coefficient (Wildman–Crippen LogP) is 4.51. The topological polar surface area (TPSA) is 28.7 Å². The molecular formula is C13H28N2. The average Bonchev–Trinajstić information content (AvgIpc) is 2.28. The molecule has 0 aromatic carbocycles. The van der Waals surface area contributed by atoms with Crippen molar-refractivity contribution in [3.8, 4) is 0 Å². The minimum absolute atomic E-state index is 0.500. The zero-order valence-corrected chi connectivity index (χ0v) is 11.7. The number of hydrogen-bond donors (Lipinski definition) is 1. The van der Waals surface area contributed by atoms with Crippen molar-refractivity contribution in [2.45, 2.75) is 55.4 Å². The summed E-state index contributed by atoms with van der Waals surface area (Å²) in [5, 5.41) is 0. The number of aromatic nitrogens is 2. The fourth-order valence-corrected chi connectivity index (χ4v) is 0.215. The molecule has 0 radical (unpaired) electrons. The van der Waals surface area contributed by atoms with Gasteiger partial charge in [-0.15, -0.1) is 0 Å². The normalized spacial score (nSPS) is 10.7. The first-order valence-corrected chi connectivity index (χ1v) is 5.43. The molecule has 0 aliphatic heterocycles. The first kappa shape index (κ1) is 16.6. The van der Waals surface area contributed by atoms with Crippen LogP contribution in [0.5, 0.6) is 0 Å². The van der Waals surface area contributed by atoms with E-state index in [4.69, 9.17) is 0 Å². The third kappa shape index (κ3) is 93.7. The van der Waals surface area contributed by atoms with Gasteiger partial charge in [-0.3, -0.25) is 0 Å². The number of aromatic amines is 1. The number of nitrogens with zero attached hydrogens (tertiary/aromatic N) is 1. The van der Waals surface area contributed by atoms with E-state index in [1.807, 2.05) is 0 Å². The summed E-state index contributed by atoms with van der Waals surface area (Å²) in [7, 11) is 0. The van der Waals surface area contributed by atoms with Crippen LogP contribution in [0.4, 0.5) is 0 Å². The van der Waals surface area contributed by atoms with Gasteiger partial charge in [0.1, 0.15) is 0 Å². The van der Waals surface area contributed by atoms with E-state index in [1.54, 1.807) is 18.7 Å². The number of H-pyrrole nitrogens is 1. The molecule has 1 rings (SSSR count). The molecule has 1 heterocycles. The zero-order valence-electron chi connectivity index (χ0n) is 11.7. The van der Waals surface area contributed by atoms with Crippen molar-refractivity contribution in [1.82, 2.24) is 9.97 Å². The molecule has 0 aliphatic carbocycles. The Morgan fingerprint density at radius 3 is 1.20 bits per heavy atom. The lowest BCUT2D eigenvalue weighted by Crippen LogP contribution is -1.93. The Morgan fingerprint density at radius 1 is 0.800 bits per heavy atom. The van der Waals surface area contributed by atoms with Crippen molar-refractivity contribution < 1.29 is 0 Å². The largest absolute Gasteiger partial charge is 0.351 e. The van der Waals surface area contributed by atoms with E-state index < -0.39 is 0 Å². The number of hydrogen-bond acceptors (Lipinski definition) is 1. The van der Waals surface area contributed by atoms with Crippen LogP contribution in [-0.4, -0.2) is 9.97 Å². The van der Waals surface area contributed by atoms with Crippen LogP contribution >= 0.6 is 0 Å². The minimum atomic E-state index is 0.500. The van der Waals surface area contributed by atoms with Crippen molar-refractivity contribution in [3.05, 3.63) is 18.7 Å².